The van der Waals surface area contributed by atoms with Crippen LogP contribution in [0.5, 0.6) is 0 Å². The van der Waals surface area contributed by atoms with Crippen molar-refractivity contribution >= 4 is 29.7 Å². The first kappa shape index (κ1) is 31.3. The maximum absolute atomic E-state index is 14.3. The van der Waals surface area contributed by atoms with Crippen molar-refractivity contribution in [2.45, 2.75) is 82.6 Å². The number of ether oxygens (including phenoxy) is 1. The number of fused-ring (bicyclic) bond motifs is 3. The molecule has 2 aromatic rings. The number of rotatable bonds is 4. The number of aromatic nitrogens is 2. The van der Waals surface area contributed by atoms with E-state index in [-0.39, 0.29) is 44.1 Å². The lowest BCUT2D eigenvalue weighted by Gasteiger charge is -2.29. The number of carbonyl (C=O) groups excluding carboxylic acids is 4. The smallest absolute Gasteiger partial charge is 0.410 e. The van der Waals surface area contributed by atoms with E-state index in [1.165, 1.54) is 34.5 Å². The summed E-state index contributed by atoms with van der Waals surface area (Å²) >= 11 is 0. The average molecular weight is 634 g/mol. The van der Waals surface area contributed by atoms with Crippen LogP contribution in [-0.4, -0.2) is 79.3 Å². The third-order valence-corrected chi connectivity index (χ3v) is 9.55. The van der Waals surface area contributed by atoms with Crippen LogP contribution in [0.4, 0.5) is 9.18 Å². The van der Waals surface area contributed by atoms with Gasteiger partial charge in [-0.05, 0) is 43.2 Å². The van der Waals surface area contributed by atoms with Gasteiger partial charge in [-0.1, -0.05) is 37.1 Å². The minimum absolute atomic E-state index is 0.0213. The Labute approximate surface area is 265 Å². The number of nitrogens with zero attached hydrogens (tertiary/aromatic N) is 4. The Hall–Kier alpha value is -4.68. The molecule has 0 spiro atoms. The fraction of sp³-hybridized carbons (Fsp3) is 0.485. The zero-order valence-electron chi connectivity index (χ0n) is 25.3. The first-order valence-corrected chi connectivity index (χ1v) is 15.7. The lowest BCUT2D eigenvalue weighted by atomic mass is 9.92. The number of amides is 3. The molecule has 4 aliphatic rings. The van der Waals surface area contributed by atoms with Gasteiger partial charge in [0.05, 0.1) is 30.7 Å². The van der Waals surface area contributed by atoms with Crippen molar-refractivity contribution in [2.75, 3.05) is 6.54 Å². The summed E-state index contributed by atoms with van der Waals surface area (Å²) in [7, 11) is 0. The first-order valence-electron chi connectivity index (χ1n) is 15.7. The second kappa shape index (κ2) is 13.0. The molecule has 242 valence electrons. The Morgan fingerprint density at radius 1 is 1.11 bits per heavy atom. The Bertz CT molecular complexity index is 1570. The number of nitrogens with one attached hydrogen (secondary N) is 1. The number of allylic oxidation sites excluding steroid dienone is 2. The number of carboxylic acid groups (broad SMARTS) is 1. The Morgan fingerprint density at radius 3 is 2.72 bits per heavy atom. The van der Waals surface area contributed by atoms with Gasteiger partial charge < -0.3 is 20.1 Å². The second-order valence-corrected chi connectivity index (χ2v) is 12.6. The van der Waals surface area contributed by atoms with Gasteiger partial charge in [0.1, 0.15) is 23.7 Å². The molecule has 1 saturated heterocycles. The number of benzene rings is 1. The number of hydrogen-bond donors (Lipinski definition) is 2. The van der Waals surface area contributed by atoms with Gasteiger partial charge in [0, 0.05) is 37.3 Å². The molecule has 13 heteroatoms. The van der Waals surface area contributed by atoms with Crippen LogP contribution >= 0.6 is 0 Å². The quantitative estimate of drug-likeness (QED) is 0.481. The summed E-state index contributed by atoms with van der Waals surface area (Å²) in [5.41, 5.74) is -0.126. The normalized spacial score (nSPS) is 28.6. The molecule has 3 aliphatic heterocycles. The van der Waals surface area contributed by atoms with Crippen molar-refractivity contribution in [3.63, 3.8) is 0 Å². The Balaban J connectivity index is 1.24. The van der Waals surface area contributed by atoms with Crippen LogP contribution < -0.4 is 5.32 Å². The Kier molecular flexibility index (Phi) is 8.83. The minimum Gasteiger partial charge on any atom is -0.481 e. The molecule has 6 rings (SSSR count). The molecule has 46 heavy (non-hydrogen) atoms. The molecule has 2 fully saturated rings. The molecular weight excluding hydrogens is 597 g/mol. The van der Waals surface area contributed by atoms with E-state index in [9.17, 15) is 33.5 Å². The van der Waals surface area contributed by atoms with Crippen LogP contribution in [0.2, 0.25) is 0 Å². The molecule has 0 radical (unpaired) electrons. The molecule has 12 nitrogen and oxygen atoms in total. The molecule has 4 heterocycles. The van der Waals surface area contributed by atoms with Crippen molar-refractivity contribution < 1.29 is 38.2 Å². The van der Waals surface area contributed by atoms with Crippen LogP contribution in [-0.2, 0) is 32.2 Å². The molecule has 1 saturated carbocycles. The minimum atomic E-state index is -1.25. The van der Waals surface area contributed by atoms with Crippen molar-refractivity contribution in [2.24, 2.45) is 11.3 Å². The van der Waals surface area contributed by atoms with Crippen molar-refractivity contribution in [3.05, 3.63) is 71.6 Å². The van der Waals surface area contributed by atoms with Crippen LogP contribution in [0.25, 0.3) is 0 Å². The number of carboxylic acids is 1. The monoisotopic (exact) mass is 633 g/mol. The number of Topliss-reactive ketones (excluding diaryl/α,β-unsaturated/α-hetero) is 1. The molecule has 5 atom stereocenters. The van der Waals surface area contributed by atoms with E-state index in [1.807, 2.05) is 12.2 Å². The zero-order chi connectivity index (χ0) is 32.4. The topological polar surface area (TPSA) is 159 Å². The van der Waals surface area contributed by atoms with Crippen molar-refractivity contribution in [1.29, 1.82) is 0 Å². The zero-order valence-corrected chi connectivity index (χ0v) is 25.3. The summed E-state index contributed by atoms with van der Waals surface area (Å²) < 4.78 is 20.1. The van der Waals surface area contributed by atoms with Crippen LogP contribution in [0.15, 0.2) is 48.9 Å². The number of aliphatic carboxylic acids is 1. The summed E-state index contributed by atoms with van der Waals surface area (Å²) in [5, 5.41) is 12.9. The van der Waals surface area contributed by atoms with Crippen LogP contribution in [0, 0.1) is 17.2 Å². The van der Waals surface area contributed by atoms with E-state index in [0.717, 1.165) is 19.3 Å². The molecule has 3 amide bonds. The maximum atomic E-state index is 14.3. The highest BCUT2D eigenvalue weighted by molar-refractivity contribution is 5.98. The van der Waals surface area contributed by atoms with Gasteiger partial charge in [0.2, 0.25) is 5.91 Å². The highest BCUT2D eigenvalue weighted by Crippen LogP contribution is 2.57. The summed E-state index contributed by atoms with van der Waals surface area (Å²) in [5.74, 6) is -3.30. The highest BCUT2D eigenvalue weighted by atomic mass is 19.1. The predicted octanol–water partition coefficient (Wildman–Crippen LogP) is 3.41. The van der Waals surface area contributed by atoms with Gasteiger partial charge in [-0.2, -0.15) is 0 Å². The molecule has 1 aromatic heterocycles. The maximum Gasteiger partial charge on any atom is 0.410 e. The van der Waals surface area contributed by atoms with E-state index >= 15 is 0 Å². The fourth-order valence-electron chi connectivity index (χ4n) is 6.85. The van der Waals surface area contributed by atoms with E-state index in [1.54, 1.807) is 12.1 Å². The lowest BCUT2D eigenvalue weighted by molar-refractivity contribution is -0.147. The van der Waals surface area contributed by atoms with Crippen molar-refractivity contribution in [1.82, 2.24) is 25.1 Å². The van der Waals surface area contributed by atoms with Gasteiger partial charge in [-0.15, -0.1) is 0 Å². The summed E-state index contributed by atoms with van der Waals surface area (Å²) in [4.78, 5) is 77.3. The molecule has 0 unspecified atom stereocenters. The molecule has 0 bridgehead atoms. The van der Waals surface area contributed by atoms with E-state index < -0.39 is 59.1 Å². The third kappa shape index (κ3) is 6.35. The van der Waals surface area contributed by atoms with Gasteiger partial charge in [0.15, 0.2) is 5.78 Å². The van der Waals surface area contributed by atoms with Gasteiger partial charge >= 0.3 is 12.1 Å². The first-order chi connectivity index (χ1) is 22.2. The molecule has 1 aromatic carbocycles. The van der Waals surface area contributed by atoms with Crippen molar-refractivity contribution in [3.8, 4) is 0 Å². The lowest BCUT2D eigenvalue weighted by Crippen LogP contribution is -2.52. The third-order valence-electron chi connectivity index (χ3n) is 9.55. The molecule has 2 N–H and O–H groups in total. The van der Waals surface area contributed by atoms with Crippen LogP contribution in [0.1, 0.15) is 73.0 Å². The largest absolute Gasteiger partial charge is 0.481 e. The number of hydrogen-bond acceptors (Lipinski definition) is 8. The molecular formula is C33H36FN5O7. The van der Waals surface area contributed by atoms with E-state index in [2.05, 4.69) is 15.3 Å². The fourth-order valence-corrected chi connectivity index (χ4v) is 6.85. The number of ketones is 1. The standard InChI is InChI=1S/C33H36FN5O7/c34-24-9-6-7-20-17-38(19-23(20)24)32(45)46-22-13-27-28(40)15-33(31(43)44)14-21(33)8-4-2-1-3-5-10-25(30(42)39(27)18-22)37-29(41)26-16-35-11-12-36-26/h4,6-9,11-12,16,21-22,25,27H,1-3,5,10,13-15,17-19H2,(H,37,41)(H,43,44)/b8-4-/t21-,22-,25+,27+,33-/m1/s1. The molecule has 1 aliphatic carbocycles. The van der Waals surface area contributed by atoms with Gasteiger partial charge in [0.25, 0.3) is 5.91 Å². The second-order valence-electron chi connectivity index (χ2n) is 12.6. The summed E-state index contributed by atoms with van der Waals surface area (Å²) in [6, 6.07) is 2.59. The predicted molar refractivity (Wildman–Crippen MR) is 159 cm³/mol. The van der Waals surface area contributed by atoms with Gasteiger partial charge in [-0.25, -0.2) is 14.2 Å². The number of halogens is 1. The van der Waals surface area contributed by atoms with Gasteiger partial charge in [-0.3, -0.25) is 29.1 Å². The number of carbonyl (C=O) groups is 5. The van der Waals surface area contributed by atoms with Crippen LogP contribution in [0.3, 0.4) is 0 Å². The highest BCUT2D eigenvalue weighted by Gasteiger charge is 2.61. The average Bonchev–Trinajstić information content (AvgIpc) is 3.35. The summed E-state index contributed by atoms with van der Waals surface area (Å²) in [6.45, 7) is 0.0817. The van der Waals surface area contributed by atoms with E-state index in [0.29, 0.717) is 30.4 Å². The summed E-state index contributed by atoms with van der Waals surface area (Å²) in [6.07, 6.45) is 9.61. The SMILES string of the molecule is O=C(N[C@H]1CCCCC/C=C\[C@@H]2C[C@@]2(C(=O)O)CC(=O)[C@@H]2C[C@@H](OC(=O)N3Cc4cccc(F)c4C3)CN2C1=O)c1cnccn1. The van der Waals surface area contributed by atoms with E-state index in [4.69, 9.17) is 4.74 Å². The Morgan fingerprint density at radius 2 is 1.96 bits per heavy atom.